The van der Waals surface area contributed by atoms with Gasteiger partial charge < -0.3 is 10.1 Å². The van der Waals surface area contributed by atoms with Crippen LogP contribution in [0.15, 0.2) is 18.2 Å². The Bertz CT molecular complexity index is 424. The number of hydrogen-bond donors (Lipinski definition) is 1. The molecule has 0 aliphatic carbocycles. The zero-order chi connectivity index (χ0) is 14.3. The Kier molecular flexibility index (Phi) is 7.03. The molecule has 5 heteroatoms. The second kappa shape index (κ2) is 8.28. The van der Waals surface area contributed by atoms with Crippen LogP contribution < -0.4 is 10.1 Å². The Morgan fingerprint density at radius 3 is 2.68 bits per heavy atom. The van der Waals surface area contributed by atoms with E-state index in [2.05, 4.69) is 12.2 Å². The largest absolute Gasteiger partial charge is 0.481 e. The number of carbonyl (C=O) groups excluding carboxylic acids is 1. The van der Waals surface area contributed by atoms with E-state index in [1.807, 2.05) is 0 Å². The van der Waals surface area contributed by atoms with Crippen molar-refractivity contribution in [1.29, 1.82) is 0 Å². The second-order valence-corrected chi connectivity index (χ2v) is 5.15. The monoisotopic (exact) mass is 303 g/mol. The summed E-state index contributed by atoms with van der Waals surface area (Å²) in [7, 11) is 0. The van der Waals surface area contributed by atoms with Crippen LogP contribution in [0.25, 0.3) is 0 Å². The highest BCUT2D eigenvalue weighted by atomic mass is 35.5. The lowest BCUT2D eigenvalue weighted by Crippen LogP contribution is -2.36. The molecule has 19 heavy (non-hydrogen) atoms. The molecule has 1 amide bonds. The van der Waals surface area contributed by atoms with Gasteiger partial charge in [0.05, 0.1) is 10.0 Å². The van der Waals surface area contributed by atoms with Gasteiger partial charge in [-0.2, -0.15) is 0 Å². The minimum atomic E-state index is -0.557. The van der Waals surface area contributed by atoms with Gasteiger partial charge in [-0.3, -0.25) is 4.79 Å². The molecule has 0 aliphatic heterocycles. The minimum Gasteiger partial charge on any atom is -0.481 e. The minimum absolute atomic E-state index is 0.123. The Morgan fingerprint density at radius 2 is 2.05 bits per heavy atom. The fourth-order valence-corrected chi connectivity index (χ4v) is 1.83. The normalized spacial score (nSPS) is 12.0. The third kappa shape index (κ3) is 5.70. The van der Waals surface area contributed by atoms with Gasteiger partial charge in [-0.25, -0.2) is 0 Å². The van der Waals surface area contributed by atoms with E-state index in [0.29, 0.717) is 22.3 Å². The first kappa shape index (κ1) is 16.1. The van der Waals surface area contributed by atoms with Crippen molar-refractivity contribution < 1.29 is 9.53 Å². The molecule has 1 rings (SSSR count). The van der Waals surface area contributed by atoms with Crippen molar-refractivity contribution in [3.8, 4) is 5.75 Å². The topological polar surface area (TPSA) is 38.3 Å². The van der Waals surface area contributed by atoms with Gasteiger partial charge in [0.25, 0.3) is 5.91 Å². The number of ether oxygens (including phenoxy) is 1. The molecule has 1 unspecified atom stereocenters. The molecule has 1 aromatic carbocycles. The van der Waals surface area contributed by atoms with Gasteiger partial charge in [0.2, 0.25) is 0 Å². The zero-order valence-electron chi connectivity index (χ0n) is 11.2. The van der Waals surface area contributed by atoms with E-state index in [1.165, 1.54) is 0 Å². The summed E-state index contributed by atoms with van der Waals surface area (Å²) < 4.78 is 5.51. The van der Waals surface area contributed by atoms with Crippen LogP contribution in [-0.4, -0.2) is 18.6 Å². The average molecular weight is 304 g/mol. The van der Waals surface area contributed by atoms with E-state index in [-0.39, 0.29) is 5.91 Å². The van der Waals surface area contributed by atoms with E-state index < -0.39 is 6.10 Å². The summed E-state index contributed by atoms with van der Waals surface area (Å²) in [6, 6.07) is 4.94. The standard InChI is InChI=1S/C14H19Cl2NO2/c1-3-4-5-8-17-14(18)10(2)19-11-6-7-12(15)13(16)9-11/h6-7,9-10H,3-5,8H2,1-2H3,(H,17,18). The molecule has 0 spiro atoms. The average Bonchev–Trinajstić information content (AvgIpc) is 2.38. The molecule has 106 valence electrons. The Balaban J connectivity index is 2.42. The highest BCUT2D eigenvalue weighted by Gasteiger charge is 2.14. The Labute approximate surface area is 124 Å². The van der Waals surface area contributed by atoms with Crippen LogP contribution in [0.5, 0.6) is 5.75 Å². The van der Waals surface area contributed by atoms with Crippen molar-refractivity contribution in [2.24, 2.45) is 0 Å². The van der Waals surface area contributed by atoms with E-state index in [4.69, 9.17) is 27.9 Å². The Morgan fingerprint density at radius 1 is 1.32 bits per heavy atom. The highest BCUT2D eigenvalue weighted by Crippen LogP contribution is 2.26. The number of benzene rings is 1. The summed E-state index contributed by atoms with van der Waals surface area (Å²) >= 11 is 11.7. The van der Waals surface area contributed by atoms with Gasteiger partial charge in [0.1, 0.15) is 5.75 Å². The number of unbranched alkanes of at least 4 members (excludes halogenated alkanes) is 2. The number of carbonyl (C=O) groups is 1. The number of halogens is 2. The molecule has 0 radical (unpaired) electrons. The molecule has 1 aromatic rings. The molecule has 0 saturated heterocycles. The van der Waals surface area contributed by atoms with Crippen molar-refractivity contribution in [3.63, 3.8) is 0 Å². The third-order valence-electron chi connectivity index (χ3n) is 2.65. The van der Waals surface area contributed by atoms with Crippen molar-refractivity contribution >= 4 is 29.1 Å². The van der Waals surface area contributed by atoms with Gasteiger partial charge in [-0.1, -0.05) is 43.0 Å². The molecule has 3 nitrogen and oxygen atoms in total. The van der Waals surface area contributed by atoms with Crippen LogP contribution in [0.4, 0.5) is 0 Å². The van der Waals surface area contributed by atoms with Crippen LogP contribution >= 0.6 is 23.2 Å². The predicted octanol–water partition coefficient (Wildman–Crippen LogP) is 4.07. The first-order valence-corrected chi connectivity index (χ1v) is 7.19. The van der Waals surface area contributed by atoms with Gasteiger partial charge in [-0.05, 0) is 25.5 Å². The van der Waals surface area contributed by atoms with Crippen LogP contribution in [0.3, 0.4) is 0 Å². The molecule has 0 heterocycles. The van der Waals surface area contributed by atoms with Crippen LogP contribution in [0.2, 0.25) is 10.0 Å². The summed E-state index contributed by atoms with van der Waals surface area (Å²) in [6.07, 6.45) is 2.67. The van der Waals surface area contributed by atoms with Crippen LogP contribution in [0.1, 0.15) is 33.1 Å². The molecule has 0 saturated carbocycles. The smallest absolute Gasteiger partial charge is 0.260 e. The number of amides is 1. The van der Waals surface area contributed by atoms with Crippen molar-refractivity contribution in [1.82, 2.24) is 5.32 Å². The Hall–Kier alpha value is -0.930. The lowest BCUT2D eigenvalue weighted by Gasteiger charge is -2.15. The zero-order valence-corrected chi connectivity index (χ0v) is 12.7. The fourth-order valence-electron chi connectivity index (χ4n) is 1.54. The highest BCUT2D eigenvalue weighted by molar-refractivity contribution is 6.42. The molecular weight excluding hydrogens is 285 g/mol. The van der Waals surface area contributed by atoms with Gasteiger partial charge in [0.15, 0.2) is 6.10 Å². The van der Waals surface area contributed by atoms with Gasteiger partial charge in [-0.15, -0.1) is 0 Å². The first-order valence-electron chi connectivity index (χ1n) is 6.44. The van der Waals surface area contributed by atoms with Crippen LogP contribution in [0, 0.1) is 0 Å². The summed E-state index contributed by atoms with van der Waals surface area (Å²) in [5.41, 5.74) is 0. The lowest BCUT2D eigenvalue weighted by atomic mass is 10.2. The molecular formula is C14H19Cl2NO2. The van der Waals surface area contributed by atoms with Crippen molar-refractivity contribution in [2.45, 2.75) is 39.2 Å². The maximum atomic E-state index is 11.8. The third-order valence-corrected chi connectivity index (χ3v) is 3.39. The quantitative estimate of drug-likeness (QED) is 0.771. The molecule has 0 aliphatic rings. The predicted molar refractivity (Wildman–Crippen MR) is 79.1 cm³/mol. The number of hydrogen-bond acceptors (Lipinski definition) is 2. The molecule has 0 fully saturated rings. The number of rotatable bonds is 7. The van der Waals surface area contributed by atoms with Crippen molar-refractivity contribution in [3.05, 3.63) is 28.2 Å². The molecule has 1 N–H and O–H groups in total. The van der Waals surface area contributed by atoms with Crippen LogP contribution in [-0.2, 0) is 4.79 Å². The summed E-state index contributed by atoms with van der Waals surface area (Å²) in [5, 5.41) is 3.72. The maximum absolute atomic E-state index is 11.8. The summed E-state index contributed by atoms with van der Waals surface area (Å²) in [4.78, 5) is 11.8. The first-order chi connectivity index (χ1) is 9.04. The number of nitrogens with one attached hydrogen (secondary N) is 1. The van der Waals surface area contributed by atoms with E-state index in [0.717, 1.165) is 19.3 Å². The lowest BCUT2D eigenvalue weighted by molar-refractivity contribution is -0.127. The van der Waals surface area contributed by atoms with E-state index in [9.17, 15) is 4.79 Å². The maximum Gasteiger partial charge on any atom is 0.260 e. The van der Waals surface area contributed by atoms with Crippen molar-refractivity contribution in [2.75, 3.05) is 6.54 Å². The van der Waals surface area contributed by atoms with E-state index >= 15 is 0 Å². The van der Waals surface area contributed by atoms with Gasteiger partial charge in [0, 0.05) is 12.6 Å². The second-order valence-electron chi connectivity index (χ2n) is 4.33. The summed E-state index contributed by atoms with van der Waals surface area (Å²) in [5.74, 6) is 0.410. The fraction of sp³-hybridized carbons (Fsp3) is 0.500. The molecule has 0 aromatic heterocycles. The van der Waals surface area contributed by atoms with E-state index in [1.54, 1.807) is 25.1 Å². The molecule has 0 bridgehead atoms. The summed E-state index contributed by atoms with van der Waals surface area (Å²) in [6.45, 7) is 4.51. The van der Waals surface area contributed by atoms with Gasteiger partial charge >= 0.3 is 0 Å². The molecule has 1 atom stereocenters. The SMILES string of the molecule is CCCCCNC(=O)C(C)Oc1ccc(Cl)c(Cl)c1.